The van der Waals surface area contributed by atoms with Crippen LogP contribution in [-0.2, 0) is 9.59 Å². The maximum atomic E-state index is 13.1. The van der Waals surface area contributed by atoms with Gasteiger partial charge in [0.2, 0.25) is 0 Å². The highest BCUT2D eigenvalue weighted by molar-refractivity contribution is 6.46. The Labute approximate surface area is 195 Å². The average Bonchev–Trinajstić information content (AvgIpc) is 3.07. The third-order valence-electron chi connectivity index (χ3n) is 5.78. The number of hydrogen-bond acceptors (Lipinski definition) is 5. The number of likely N-dealkylation sites (tertiary alicyclic amines) is 1. The molecule has 1 N–H and O–H groups in total. The van der Waals surface area contributed by atoms with Gasteiger partial charge in [-0.3, -0.25) is 9.59 Å². The third kappa shape index (κ3) is 4.90. The van der Waals surface area contributed by atoms with Crippen LogP contribution in [0.25, 0.3) is 5.76 Å². The molecule has 2 aromatic carbocycles. The summed E-state index contributed by atoms with van der Waals surface area (Å²) in [4.78, 5) is 27.6. The molecule has 1 aliphatic rings. The molecule has 6 nitrogen and oxygen atoms in total. The highest BCUT2D eigenvalue weighted by atomic mass is 16.5. The first-order chi connectivity index (χ1) is 15.8. The second-order valence-corrected chi connectivity index (χ2v) is 8.52. The summed E-state index contributed by atoms with van der Waals surface area (Å²) >= 11 is 0. The van der Waals surface area contributed by atoms with Crippen LogP contribution >= 0.6 is 0 Å². The molecule has 1 heterocycles. The minimum absolute atomic E-state index is 0.0981. The quantitative estimate of drug-likeness (QED) is 0.312. The van der Waals surface area contributed by atoms with Crippen LogP contribution in [0.15, 0.2) is 48.0 Å². The van der Waals surface area contributed by atoms with E-state index in [2.05, 4.69) is 0 Å². The molecule has 0 spiro atoms. The fraction of sp³-hybridized carbons (Fsp3) is 0.407. The van der Waals surface area contributed by atoms with Gasteiger partial charge in [-0.2, -0.15) is 0 Å². The van der Waals surface area contributed by atoms with Crippen LogP contribution in [0, 0.1) is 0 Å². The predicted molar refractivity (Wildman–Crippen MR) is 129 cm³/mol. The Hall–Kier alpha value is -3.28. The number of ketones is 1. The SMILES string of the molecule is CCCOc1cccc(C2/C(=C(\O)c3ccc(OC)c(C(C)C)c3)C(=O)C(=O)N2CCC)c1. The zero-order valence-electron chi connectivity index (χ0n) is 20.1. The molecule has 1 saturated heterocycles. The van der Waals surface area contributed by atoms with Gasteiger partial charge in [0.1, 0.15) is 17.3 Å². The van der Waals surface area contributed by atoms with Crippen molar-refractivity contribution < 1.29 is 24.2 Å². The number of nitrogens with zero attached hydrogens (tertiary/aromatic N) is 1. The molecule has 1 unspecified atom stereocenters. The Morgan fingerprint density at radius 3 is 2.48 bits per heavy atom. The number of carbonyl (C=O) groups excluding carboxylic acids is 2. The van der Waals surface area contributed by atoms with Gasteiger partial charge in [0.15, 0.2) is 0 Å². The summed E-state index contributed by atoms with van der Waals surface area (Å²) in [6.45, 7) is 9.03. The number of amides is 1. The van der Waals surface area contributed by atoms with Crippen molar-refractivity contribution in [3.8, 4) is 11.5 Å². The standard InChI is InChI=1S/C27H33NO5/c1-6-13-28-24(18-9-8-10-20(15-18)33-14-7-2)23(26(30)27(28)31)25(29)19-11-12-22(32-5)21(16-19)17(3)4/h8-12,15-17,24,29H,6-7,13-14H2,1-5H3/b25-23+. The predicted octanol–water partition coefficient (Wildman–Crippen LogP) is 5.44. The maximum Gasteiger partial charge on any atom is 0.295 e. The molecule has 0 radical (unpaired) electrons. The smallest absolute Gasteiger partial charge is 0.295 e. The maximum absolute atomic E-state index is 13.1. The number of Topliss-reactive ketones (excluding diaryl/α,β-unsaturated/α-hetero) is 1. The number of rotatable bonds is 9. The summed E-state index contributed by atoms with van der Waals surface area (Å²) in [6.07, 6.45) is 1.56. The third-order valence-corrected chi connectivity index (χ3v) is 5.78. The molecule has 6 heteroatoms. The van der Waals surface area contributed by atoms with E-state index in [0.717, 1.165) is 17.5 Å². The summed E-state index contributed by atoms with van der Waals surface area (Å²) in [5, 5.41) is 11.3. The van der Waals surface area contributed by atoms with Gasteiger partial charge >= 0.3 is 0 Å². The zero-order chi connectivity index (χ0) is 24.1. The normalized spacial score (nSPS) is 17.6. The number of methoxy groups -OCH3 is 1. The van der Waals surface area contributed by atoms with E-state index in [9.17, 15) is 14.7 Å². The molecular weight excluding hydrogens is 418 g/mol. The van der Waals surface area contributed by atoms with E-state index in [-0.39, 0.29) is 17.3 Å². The first-order valence-electron chi connectivity index (χ1n) is 11.5. The fourth-order valence-corrected chi connectivity index (χ4v) is 4.18. The van der Waals surface area contributed by atoms with E-state index >= 15 is 0 Å². The second kappa shape index (κ2) is 10.6. The molecule has 1 atom stereocenters. The minimum atomic E-state index is -0.681. The number of benzene rings is 2. The number of carbonyl (C=O) groups is 2. The minimum Gasteiger partial charge on any atom is -0.507 e. The largest absolute Gasteiger partial charge is 0.507 e. The van der Waals surface area contributed by atoms with Gasteiger partial charge in [-0.15, -0.1) is 0 Å². The molecule has 0 saturated carbocycles. The summed E-state index contributed by atoms with van der Waals surface area (Å²) in [6, 6.07) is 12.0. The van der Waals surface area contributed by atoms with Crippen LogP contribution in [0.2, 0.25) is 0 Å². The van der Waals surface area contributed by atoms with E-state index in [1.54, 1.807) is 24.1 Å². The Morgan fingerprint density at radius 2 is 1.85 bits per heavy atom. The molecule has 2 aromatic rings. The van der Waals surface area contributed by atoms with Crippen molar-refractivity contribution in [3.05, 3.63) is 64.7 Å². The first kappa shape index (κ1) is 24.4. The van der Waals surface area contributed by atoms with E-state index in [1.807, 2.05) is 58.0 Å². The lowest BCUT2D eigenvalue weighted by atomic mass is 9.93. The Morgan fingerprint density at radius 1 is 1.09 bits per heavy atom. The van der Waals surface area contributed by atoms with Crippen LogP contribution in [0.3, 0.4) is 0 Å². The number of hydrogen-bond donors (Lipinski definition) is 1. The molecule has 3 rings (SSSR count). The summed E-state index contributed by atoms with van der Waals surface area (Å²) in [5.74, 6) is 0.0849. The highest BCUT2D eigenvalue weighted by Gasteiger charge is 2.45. The van der Waals surface area contributed by atoms with Crippen LogP contribution in [0.4, 0.5) is 0 Å². The molecule has 0 aliphatic carbocycles. The Balaban J connectivity index is 2.17. The molecule has 33 heavy (non-hydrogen) atoms. The van der Waals surface area contributed by atoms with Crippen LogP contribution < -0.4 is 9.47 Å². The Bertz CT molecular complexity index is 1060. The summed E-state index contributed by atoms with van der Waals surface area (Å²) in [7, 11) is 1.60. The van der Waals surface area contributed by atoms with Crippen molar-refractivity contribution in [2.45, 2.75) is 52.5 Å². The first-order valence-corrected chi connectivity index (χ1v) is 11.5. The van der Waals surface area contributed by atoms with Crippen molar-refractivity contribution in [3.63, 3.8) is 0 Å². The van der Waals surface area contributed by atoms with Crippen molar-refractivity contribution in [1.29, 1.82) is 0 Å². The second-order valence-electron chi connectivity index (χ2n) is 8.52. The Kier molecular flexibility index (Phi) is 7.79. The lowest BCUT2D eigenvalue weighted by Crippen LogP contribution is -2.30. The van der Waals surface area contributed by atoms with Crippen LogP contribution in [-0.4, -0.2) is 42.0 Å². The fourth-order valence-electron chi connectivity index (χ4n) is 4.18. The van der Waals surface area contributed by atoms with Crippen molar-refractivity contribution >= 4 is 17.4 Å². The molecule has 1 aliphatic heterocycles. The van der Waals surface area contributed by atoms with Gasteiger partial charge in [0, 0.05) is 12.1 Å². The van der Waals surface area contributed by atoms with Crippen molar-refractivity contribution in [1.82, 2.24) is 4.90 Å². The number of aliphatic hydroxyl groups excluding tert-OH is 1. The van der Waals surface area contributed by atoms with Crippen molar-refractivity contribution in [2.24, 2.45) is 0 Å². The van der Waals surface area contributed by atoms with Gasteiger partial charge in [0.05, 0.1) is 25.3 Å². The van der Waals surface area contributed by atoms with E-state index in [0.29, 0.717) is 36.6 Å². The average molecular weight is 452 g/mol. The van der Waals surface area contributed by atoms with Gasteiger partial charge < -0.3 is 19.5 Å². The number of ether oxygens (including phenoxy) is 2. The highest BCUT2D eigenvalue weighted by Crippen LogP contribution is 2.41. The van der Waals surface area contributed by atoms with Crippen LogP contribution in [0.1, 0.15) is 69.2 Å². The zero-order valence-corrected chi connectivity index (χ0v) is 20.1. The van der Waals surface area contributed by atoms with Gasteiger partial charge in [-0.05, 0) is 60.2 Å². The number of aliphatic hydroxyl groups is 1. The van der Waals surface area contributed by atoms with E-state index in [4.69, 9.17) is 9.47 Å². The van der Waals surface area contributed by atoms with Crippen molar-refractivity contribution in [2.75, 3.05) is 20.3 Å². The molecule has 1 amide bonds. The topological polar surface area (TPSA) is 76.1 Å². The van der Waals surface area contributed by atoms with Gasteiger partial charge in [-0.1, -0.05) is 39.8 Å². The van der Waals surface area contributed by atoms with E-state index < -0.39 is 17.7 Å². The summed E-state index contributed by atoms with van der Waals surface area (Å²) in [5.41, 5.74) is 2.23. The van der Waals surface area contributed by atoms with E-state index in [1.165, 1.54) is 0 Å². The summed E-state index contributed by atoms with van der Waals surface area (Å²) < 4.78 is 11.2. The molecule has 1 fully saturated rings. The molecule has 0 bridgehead atoms. The monoisotopic (exact) mass is 451 g/mol. The molecule has 176 valence electrons. The molecule has 0 aromatic heterocycles. The molecular formula is C27H33NO5. The van der Waals surface area contributed by atoms with Gasteiger partial charge in [0.25, 0.3) is 11.7 Å². The lowest BCUT2D eigenvalue weighted by Gasteiger charge is -2.25. The van der Waals surface area contributed by atoms with Gasteiger partial charge in [-0.25, -0.2) is 0 Å². The van der Waals surface area contributed by atoms with Crippen LogP contribution in [0.5, 0.6) is 11.5 Å². The lowest BCUT2D eigenvalue weighted by molar-refractivity contribution is -0.139.